The Kier molecular flexibility index (Phi) is 4.59. The number of anilines is 1. The number of nitriles is 1. The molecule has 3 N–H and O–H groups in total. The molecule has 1 aromatic heterocycles. The van der Waals surface area contributed by atoms with Crippen molar-refractivity contribution in [3.05, 3.63) is 22.7 Å². The molecular weight excluding hydrogens is 323 g/mol. The Bertz CT molecular complexity index is 741. The summed E-state index contributed by atoms with van der Waals surface area (Å²) in [5.74, 6) is -1.75. The minimum atomic E-state index is -2.18. The van der Waals surface area contributed by atoms with Gasteiger partial charge in [-0.05, 0) is 6.07 Å². The van der Waals surface area contributed by atoms with E-state index < -0.39 is 48.3 Å². The molecule has 10 heteroatoms. The summed E-state index contributed by atoms with van der Waals surface area (Å²) in [4.78, 5) is 27.1. The number of hydrogen-bond acceptors (Lipinski definition) is 8. The molecule has 9 nitrogen and oxygen atoms in total. The normalized spacial score (nSPS) is 32.3. The number of alkyl halides is 1. The molecule has 4 atom stereocenters. The van der Waals surface area contributed by atoms with Crippen LogP contribution in [-0.2, 0) is 20.0 Å². The maximum atomic E-state index is 13.6. The Hall–Kier alpha value is -2.51. The number of carbonyl (C=O) groups is 1. The summed E-state index contributed by atoms with van der Waals surface area (Å²) in [5, 5.41) is 19.3. The third-order valence-electron chi connectivity index (χ3n) is 4.16. The van der Waals surface area contributed by atoms with Crippen LogP contribution >= 0.6 is 0 Å². The van der Waals surface area contributed by atoms with Crippen LogP contribution in [-0.4, -0.2) is 45.6 Å². The van der Waals surface area contributed by atoms with Crippen LogP contribution in [0.2, 0.25) is 0 Å². The number of aliphatic hydroxyl groups is 1. The number of rotatable bonds is 4. The number of ether oxygens (including phenoxy) is 2. The van der Waals surface area contributed by atoms with Gasteiger partial charge in [0.1, 0.15) is 24.2 Å². The van der Waals surface area contributed by atoms with Crippen molar-refractivity contribution < 1.29 is 23.8 Å². The van der Waals surface area contributed by atoms with Crippen molar-refractivity contribution in [3.63, 3.8) is 0 Å². The molecule has 0 aromatic carbocycles. The summed E-state index contributed by atoms with van der Waals surface area (Å²) in [6.07, 6.45) is -0.200. The highest BCUT2D eigenvalue weighted by molar-refractivity contribution is 5.66. The fraction of sp³-hybridized carbons (Fsp3) is 0.571. The van der Waals surface area contributed by atoms with Gasteiger partial charge in [-0.3, -0.25) is 9.36 Å². The summed E-state index contributed by atoms with van der Waals surface area (Å²) in [6.45, 7) is 0.636. The second kappa shape index (κ2) is 6.18. The van der Waals surface area contributed by atoms with E-state index in [4.69, 9.17) is 15.2 Å². The zero-order valence-corrected chi connectivity index (χ0v) is 13.1. The average Bonchev–Trinajstić information content (AvgIpc) is 2.78. The first-order chi connectivity index (χ1) is 11.3. The first-order valence-corrected chi connectivity index (χ1v) is 7.07. The average molecular weight is 340 g/mol. The summed E-state index contributed by atoms with van der Waals surface area (Å²) in [7, 11) is 0. The maximum absolute atomic E-state index is 13.6. The highest BCUT2D eigenvalue weighted by atomic mass is 19.1. The topological polar surface area (TPSA) is 140 Å². The van der Waals surface area contributed by atoms with Crippen LogP contribution in [0, 0.1) is 17.2 Å². The number of halogens is 1. The van der Waals surface area contributed by atoms with Gasteiger partial charge < -0.3 is 20.3 Å². The van der Waals surface area contributed by atoms with Crippen molar-refractivity contribution in [2.45, 2.75) is 31.3 Å². The van der Waals surface area contributed by atoms with Crippen LogP contribution in [0.4, 0.5) is 10.2 Å². The van der Waals surface area contributed by atoms with E-state index in [2.05, 4.69) is 4.98 Å². The van der Waals surface area contributed by atoms with E-state index in [1.807, 2.05) is 0 Å². The number of aromatic nitrogens is 2. The molecule has 0 saturated carbocycles. The van der Waals surface area contributed by atoms with E-state index in [1.165, 1.54) is 13.0 Å². The molecule has 0 bridgehead atoms. The van der Waals surface area contributed by atoms with Crippen LogP contribution < -0.4 is 11.4 Å². The molecule has 1 fully saturated rings. The van der Waals surface area contributed by atoms with Crippen molar-refractivity contribution in [2.24, 2.45) is 5.92 Å². The van der Waals surface area contributed by atoms with Crippen molar-refractivity contribution in [2.75, 3.05) is 19.0 Å². The van der Waals surface area contributed by atoms with Gasteiger partial charge in [0, 0.05) is 19.0 Å². The van der Waals surface area contributed by atoms with E-state index >= 15 is 0 Å². The lowest BCUT2D eigenvalue weighted by Gasteiger charge is -2.30. The Balaban J connectivity index is 2.70. The quantitative estimate of drug-likeness (QED) is 0.686. The van der Waals surface area contributed by atoms with Gasteiger partial charge in [0.25, 0.3) is 5.72 Å². The molecule has 1 aliphatic rings. The monoisotopic (exact) mass is 340 g/mol. The molecule has 1 aromatic rings. The van der Waals surface area contributed by atoms with E-state index in [1.54, 1.807) is 6.07 Å². The molecule has 1 saturated heterocycles. The fourth-order valence-electron chi connectivity index (χ4n) is 2.80. The third kappa shape index (κ3) is 2.51. The zero-order valence-electron chi connectivity index (χ0n) is 13.1. The number of carbonyl (C=O) groups excluding carboxylic acids is 1. The summed E-state index contributed by atoms with van der Waals surface area (Å²) >= 11 is 0. The van der Waals surface area contributed by atoms with Crippen LogP contribution in [0.25, 0.3) is 0 Å². The van der Waals surface area contributed by atoms with Gasteiger partial charge in [-0.25, -0.2) is 9.18 Å². The summed E-state index contributed by atoms with van der Waals surface area (Å²) in [5.41, 5.74) is 0.497. The van der Waals surface area contributed by atoms with Gasteiger partial charge in [0.15, 0.2) is 6.10 Å². The Morgan fingerprint density at radius 3 is 2.83 bits per heavy atom. The number of nitrogen functional groups attached to an aromatic ring is 1. The van der Waals surface area contributed by atoms with Gasteiger partial charge in [-0.15, -0.1) is 0 Å². The van der Waals surface area contributed by atoms with Crippen LogP contribution in [0.1, 0.15) is 13.8 Å². The van der Waals surface area contributed by atoms with Gasteiger partial charge in [0.05, 0.1) is 6.61 Å². The van der Waals surface area contributed by atoms with Crippen LogP contribution in [0.3, 0.4) is 0 Å². The molecular formula is C14H17FN4O5. The first-order valence-electron chi connectivity index (χ1n) is 7.07. The van der Waals surface area contributed by atoms with E-state index in [0.717, 1.165) is 17.7 Å². The predicted molar refractivity (Wildman–Crippen MR) is 78.1 cm³/mol. The highest BCUT2D eigenvalue weighted by Crippen LogP contribution is 2.46. The second-order valence-corrected chi connectivity index (χ2v) is 5.59. The molecule has 0 aliphatic carbocycles. The van der Waals surface area contributed by atoms with Gasteiger partial charge >= 0.3 is 11.7 Å². The molecule has 1 aliphatic heterocycles. The van der Waals surface area contributed by atoms with Crippen molar-refractivity contribution in [1.29, 1.82) is 5.26 Å². The Labute approximate surface area is 136 Å². The molecule has 0 unspecified atom stereocenters. The second-order valence-electron chi connectivity index (χ2n) is 5.59. The van der Waals surface area contributed by atoms with Gasteiger partial charge in [-0.1, -0.05) is 6.92 Å². The minimum Gasteiger partial charge on any atom is -0.456 e. The van der Waals surface area contributed by atoms with E-state index in [0.29, 0.717) is 0 Å². The molecule has 130 valence electrons. The first kappa shape index (κ1) is 17.8. The lowest BCUT2D eigenvalue weighted by molar-refractivity contribution is -0.176. The minimum absolute atomic E-state index is 0.0849. The molecule has 0 spiro atoms. The molecule has 2 heterocycles. The van der Waals surface area contributed by atoms with E-state index in [-0.39, 0.29) is 5.82 Å². The van der Waals surface area contributed by atoms with Gasteiger partial charge in [-0.2, -0.15) is 10.2 Å². The maximum Gasteiger partial charge on any atom is 0.352 e. The zero-order chi connectivity index (χ0) is 18.1. The SMILES string of the molecule is CC(=O)O[C@@H]1[C@H](C)[C@](CO)(CF)O[C@@]1(C#N)n1ccc(N)nc1=O. The van der Waals surface area contributed by atoms with Crippen molar-refractivity contribution in [3.8, 4) is 6.07 Å². The third-order valence-corrected chi connectivity index (χ3v) is 4.16. The molecule has 2 rings (SSSR count). The number of aliphatic hydroxyl groups excluding tert-OH is 1. The molecule has 0 amide bonds. The fourth-order valence-corrected chi connectivity index (χ4v) is 2.80. The van der Waals surface area contributed by atoms with Crippen molar-refractivity contribution >= 4 is 11.8 Å². The van der Waals surface area contributed by atoms with E-state index in [9.17, 15) is 24.3 Å². The van der Waals surface area contributed by atoms with Crippen LogP contribution in [0.5, 0.6) is 0 Å². The highest BCUT2D eigenvalue weighted by Gasteiger charge is 2.65. The Morgan fingerprint density at radius 2 is 2.38 bits per heavy atom. The summed E-state index contributed by atoms with van der Waals surface area (Å²) < 4.78 is 25.1. The molecule has 24 heavy (non-hydrogen) atoms. The van der Waals surface area contributed by atoms with Crippen LogP contribution in [0.15, 0.2) is 17.1 Å². The van der Waals surface area contributed by atoms with Crippen molar-refractivity contribution in [1.82, 2.24) is 9.55 Å². The summed E-state index contributed by atoms with van der Waals surface area (Å²) in [6, 6.07) is 3.01. The van der Waals surface area contributed by atoms with Gasteiger partial charge in [0.2, 0.25) is 0 Å². The Morgan fingerprint density at radius 1 is 1.71 bits per heavy atom. The molecule has 0 radical (unpaired) electrons. The number of nitrogens with zero attached hydrogens (tertiary/aromatic N) is 3. The number of hydrogen-bond donors (Lipinski definition) is 2. The number of esters is 1. The smallest absolute Gasteiger partial charge is 0.352 e. The standard InChI is InChI=1S/C14H17FN4O5/c1-8-11(23-9(2)21)14(6-16,24-13(8,5-15)7-20)19-4-3-10(17)18-12(19)22/h3-4,8,11,20H,5,7H2,1-2H3,(H2,17,18,22)/t8-,11+,13+,14+/m0/s1. The lowest BCUT2D eigenvalue weighted by atomic mass is 9.86. The lowest BCUT2D eigenvalue weighted by Crippen LogP contribution is -2.50. The largest absolute Gasteiger partial charge is 0.456 e. The predicted octanol–water partition coefficient (Wildman–Crippen LogP) is -0.700. The number of nitrogens with two attached hydrogens (primary N) is 1.